The number of nitrogens with one attached hydrogen (secondary N) is 1. The highest BCUT2D eigenvalue weighted by atomic mass is 35.5. The van der Waals surface area contributed by atoms with Crippen molar-refractivity contribution < 1.29 is 4.74 Å². The Morgan fingerprint density at radius 2 is 2.05 bits per heavy atom. The molecule has 0 aliphatic rings. The minimum Gasteiger partial charge on any atom is -0.493 e. The first-order valence-electron chi connectivity index (χ1n) is 7.29. The number of rotatable bonds is 9. The second-order valence-corrected chi connectivity index (χ2v) is 5.51. The van der Waals surface area contributed by atoms with E-state index < -0.39 is 0 Å². The molecule has 108 valence electrons. The zero-order valence-electron chi connectivity index (χ0n) is 12.3. The first kappa shape index (κ1) is 16.3. The van der Waals surface area contributed by atoms with Crippen molar-refractivity contribution in [3.63, 3.8) is 0 Å². The van der Waals surface area contributed by atoms with Crippen molar-refractivity contribution in [1.82, 2.24) is 5.32 Å². The highest BCUT2D eigenvalue weighted by molar-refractivity contribution is 6.31. The van der Waals surface area contributed by atoms with Gasteiger partial charge in [0.15, 0.2) is 0 Å². The Hall–Kier alpha value is -0.730. The first-order chi connectivity index (χ1) is 9.19. The lowest BCUT2D eigenvalue weighted by molar-refractivity contribution is 0.249. The molecule has 0 radical (unpaired) electrons. The predicted molar refractivity (Wildman–Crippen MR) is 83.0 cm³/mol. The molecule has 1 atom stereocenters. The van der Waals surface area contributed by atoms with Gasteiger partial charge in [0, 0.05) is 17.1 Å². The van der Waals surface area contributed by atoms with E-state index in [1.54, 1.807) is 0 Å². The van der Waals surface area contributed by atoms with Crippen LogP contribution in [-0.4, -0.2) is 13.2 Å². The smallest absolute Gasteiger partial charge is 0.125 e. The predicted octanol–water partition coefficient (Wildman–Crippen LogP) is 4.65. The number of hydrogen-bond acceptors (Lipinski definition) is 2. The molecule has 0 aliphatic carbocycles. The average molecular weight is 284 g/mol. The summed E-state index contributed by atoms with van der Waals surface area (Å²) in [7, 11) is 0. The summed E-state index contributed by atoms with van der Waals surface area (Å²) in [5.74, 6) is 1.50. The van der Waals surface area contributed by atoms with E-state index in [2.05, 4.69) is 26.1 Å². The van der Waals surface area contributed by atoms with E-state index in [1.165, 1.54) is 12.8 Å². The summed E-state index contributed by atoms with van der Waals surface area (Å²) in [6.45, 7) is 9.11. The lowest BCUT2D eigenvalue weighted by Crippen LogP contribution is -2.16. The third-order valence-electron chi connectivity index (χ3n) is 3.11. The fourth-order valence-electron chi connectivity index (χ4n) is 2.04. The lowest BCUT2D eigenvalue weighted by Gasteiger charge is -2.16. The van der Waals surface area contributed by atoms with E-state index in [0.717, 1.165) is 42.5 Å². The molecule has 0 heterocycles. The minimum atomic E-state index is 0.584. The summed E-state index contributed by atoms with van der Waals surface area (Å²) in [5, 5.41) is 4.16. The van der Waals surface area contributed by atoms with Gasteiger partial charge in [0.2, 0.25) is 0 Å². The fourth-order valence-corrected chi connectivity index (χ4v) is 2.28. The Labute approximate surface area is 122 Å². The molecule has 0 spiro atoms. The van der Waals surface area contributed by atoms with Gasteiger partial charge in [0.1, 0.15) is 5.75 Å². The SMILES string of the molecule is CCCNCc1c(Cl)cccc1OCC(C)CCC. The van der Waals surface area contributed by atoms with Crippen LogP contribution in [0.25, 0.3) is 0 Å². The van der Waals surface area contributed by atoms with E-state index in [4.69, 9.17) is 16.3 Å². The van der Waals surface area contributed by atoms with Crippen LogP contribution in [0.3, 0.4) is 0 Å². The van der Waals surface area contributed by atoms with E-state index in [9.17, 15) is 0 Å². The van der Waals surface area contributed by atoms with Gasteiger partial charge in [-0.3, -0.25) is 0 Å². The van der Waals surface area contributed by atoms with Gasteiger partial charge in [-0.05, 0) is 37.4 Å². The molecular formula is C16H26ClNO. The molecule has 1 rings (SSSR count). The Kier molecular flexibility index (Phi) is 7.92. The van der Waals surface area contributed by atoms with Crippen molar-refractivity contribution in [1.29, 1.82) is 0 Å². The molecule has 0 fully saturated rings. The summed E-state index contributed by atoms with van der Waals surface area (Å²) in [6.07, 6.45) is 3.52. The molecular weight excluding hydrogens is 258 g/mol. The third kappa shape index (κ3) is 5.84. The molecule has 2 nitrogen and oxygen atoms in total. The van der Waals surface area contributed by atoms with Gasteiger partial charge in [0.25, 0.3) is 0 Å². The Morgan fingerprint density at radius 1 is 1.26 bits per heavy atom. The van der Waals surface area contributed by atoms with Crippen molar-refractivity contribution in [2.75, 3.05) is 13.2 Å². The van der Waals surface area contributed by atoms with Crippen LogP contribution in [0.15, 0.2) is 18.2 Å². The highest BCUT2D eigenvalue weighted by Crippen LogP contribution is 2.27. The standard InChI is InChI=1S/C16H26ClNO/c1-4-7-13(3)12-19-16-9-6-8-15(17)14(16)11-18-10-5-2/h6,8-9,13,18H,4-5,7,10-12H2,1-3H3. The van der Waals surface area contributed by atoms with Gasteiger partial charge in [0.05, 0.1) is 6.61 Å². The van der Waals surface area contributed by atoms with E-state index in [1.807, 2.05) is 18.2 Å². The van der Waals surface area contributed by atoms with Gasteiger partial charge in [-0.1, -0.05) is 44.9 Å². The monoisotopic (exact) mass is 283 g/mol. The number of hydrogen-bond donors (Lipinski definition) is 1. The van der Waals surface area contributed by atoms with Crippen LogP contribution in [0, 0.1) is 5.92 Å². The molecule has 1 unspecified atom stereocenters. The van der Waals surface area contributed by atoms with Crippen molar-refractivity contribution in [3.8, 4) is 5.75 Å². The molecule has 0 aliphatic heterocycles. The number of halogens is 1. The van der Waals surface area contributed by atoms with Crippen molar-refractivity contribution >= 4 is 11.6 Å². The van der Waals surface area contributed by atoms with Crippen LogP contribution in [0.4, 0.5) is 0 Å². The van der Waals surface area contributed by atoms with Crippen molar-refractivity contribution in [3.05, 3.63) is 28.8 Å². The van der Waals surface area contributed by atoms with Crippen LogP contribution in [0.2, 0.25) is 5.02 Å². The largest absolute Gasteiger partial charge is 0.493 e. The van der Waals surface area contributed by atoms with Crippen LogP contribution in [0.1, 0.15) is 45.6 Å². The maximum atomic E-state index is 6.26. The molecule has 0 aromatic heterocycles. The van der Waals surface area contributed by atoms with Crippen LogP contribution in [-0.2, 0) is 6.54 Å². The molecule has 0 bridgehead atoms. The van der Waals surface area contributed by atoms with Crippen LogP contribution in [0.5, 0.6) is 5.75 Å². The van der Waals surface area contributed by atoms with Gasteiger partial charge < -0.3 is 10.1 Å². The zero-order valence-corrected chi connectivity index (χ0v) is 13.1. The lowest BCUT2D eigenvalue weighted by atomic mass is 10.1. The number of ether oxygens (including phenoxy) is 1. The van der Waals surface area contributed by atoms with Gasteiger partial charge >= 0.3 is 0 Å². The van der Waals surface area contributed by atoms with Crippen LogP contribution < -0.4 is 10.1 Å². The van der Waals surface area contributed by atoms with Gasteiger partial charge in [-0.25, -0.2) is 0 Å². The van der Waals surface area contributed by atoms with Crippen LogP contribution >= 0.6 is 11.6 Å². The topological polar surface area (TPSA) is 21.3 Å². The molecule has 1 aromatic rings. The van der Waals surface area contributed by atoms with Crippen molar-refractivity contribution in [2.45, 2.75) is 46.6 Å². The van der Waals surface area contributed by atoms with Gasteiger partial charge in [-0.2, -0.15) is 0 Å². The number of benzene rings is 1. The zero-order chi connectivity index (χ0) is 14.1. The second kappa shape index (κ2) is 9.22. The maximum Gasteiger partial charge on any atom is 0.125 e. The average Bonchev–Trinajstić information content (AvgIpc) is 2.39. The second-order valence-electron chi connectivity index (χ2n) is 5.10. The Morgan fingerprint density at radius 3 is 2.74 bits per heavy atom. The van der Waals surface area contributed by atoms with E-state index in [0.29, 0.717) is 5.92 Å². The molecule has 0 amide bonds. The highest BCUT2D eigenvalue weighted by Gasteiger charge is 2.09. The normalized spacial score (nSPS) is 12.4. The van der Waals surface area contributed by atoms with Gasteiger partial charge in [-0.15, -0.1) is 0 Å². The molecule has 0 saturated carbocycles. The summed E-state index contributed by atoms with van der Waals surface area (Å²) in [4.78, 5) is 0. The quantitative estimate of drug-likeness (QED) is 0.666. The van der Waals surface area contributed by atoms with E-state index in [-0.39, 0.29) is 0 Å². The molecule has 0 saturated heterocycles. The minimum absolute atomic E-state index is 0.584. The summed E-state index contributed by atoms with van der Waals surface area (Å²) >= 11 is 6.26. The third-order valence-corrected chi connectivity index (χ3v) is 3.46. The Balaban J connectivity index is 2.62. The van der Waals surface area contributed by atoms with E-state index >= 15 is 0 Å². The van der Waals surface area contributed by atoms with Crippen molar-refractivity contribution in [2.24, 2.45) is 5.92 Å². The fraction of sp³-hybridized carbons (Fsp3) is 0.625. The summed E-state index contributed by atoms with van der Waals surface area (Å²) in [6, 6.07) is 5.88. The Bertz CT molecular complexity index is 368. The molecule has 1 aromatic carbocycles. The maximum absolute atomic E-state index is 6.26. The molecule has 1 N–H and O–H groups in total. The summed E-state index contributed by atoms with van der Waals surface area (Å²) < 4.78 is 5.94. The summed E-state index contributed by atoms with van der Waals surface area (Å²) in [5.41, 5.74) is 1.07. The molecule has 19 heavy (non-hydrogen) atoms. The first-order valence-corrected chi connectivity index (χ1v) is 7.67. The molecule has 3 heteroatoms.